The summed E-state index contributed by atoms with van der Waals surface area (Å²) in [6, 6.07) is 8.63. The van der Waals surface area contributed by atoms with Crippen LogP contribution in [0, 0.1) is 12.8 Å². The third-order valence-electron chi connectivity index (χ3n) is 6.21. The number of aryl methyl sites for hydroxylation is 2. The molecule has 4 nitrogen and oxygen atoms in total. The van der Waals surface area contributed by atoms with Gasteiger partial charge in [0.1, 0.15) is 6.04 Å². The molecule has 0 radical (unpaired) electrons. The van der Waals surface area contributed by atoms with Gasteiger partial charge in [0.2, 0.25) is 11.8 Å². The first-order chi connectivity index (χ1) is 13.1. The number of rotatable bonds is 6. The molecule has 4 heteroatoms. The van der Waals surface area contributed by atoms with Gasteiger partial charge < -0.3 is 9.80 Å². The van der Waals surface area contributed by atoms with Crippen LogP contribution < -0.4 is 0 Å². The van der Waals surface area contributed by atoms with Crippen LogP contribution >= 0.6 is 0 Å². The lowest BCUT2D eigenvalue weighted by atomic mass is 9.90. The van der Waals surface area contributed by atoms with E-state index in [4.69, 9.17) is 0 Å². The Hall–Kier alpha value is -1.84. The molecule has 148 valence electrons. The minimum Gasteiger partial charge on any atom is -0.341 e. The van der Waals surface area contributed by atoms with Crippen molar-refractivity contribution < 1.29 is 9.59 Å². The second kappa shape index (κ2) is 9.38. The van der Waals surface area contributed by atoms with Gasteiger partial charge in [-0.3, -0.25) is 9.59 Å². The van der Waals surface area contributed by atoms with E-state index in [0.29, 0.717) is 12.3 Å². The molecule has 2 fully saturated rings. The minimum absolute atomic E-state index is 0.154. The van der Waals surface area contributed by atoms with Crippen LogP contribution in [0.15, 0.2) is 24.3 Å². The zero-order valence-corrected chi connectivity index (χ0v) is 17.0. The van der Waals surface area contributed by atoms with Gasteiger partial charge in [-0.1, -0.05) is 36.8 Å². The van der Waals surface area contributed by atoms with E-state index in [0.717, 1.165) is 58.2 Å². The average Bonchev–Trinajstić information content (AvgIpc) is 3.17. The van der Waals surface area contributed by atoms with Crippen molar-refractivity contribution in [2.75, 3.05) is 19.6 Å². The van der Waals surface area contributed by atoms with Crippen LogP contribution in [0.5, 0.6) is 0 Å². The molecule has 0 spiro atoms. The Bertz CT molecular complexity index is 632. The molecule has 2 amide bonds. The Morgan fingerprint density at radius 2 is 1.74 bits per heavy atom. The van der Waals surface area contributed by atoms with Gasteiger partial charge >= 0.3 is 0 Å². The topological polar surface area (TPSA) is 40.6 Å². The SMILES string of the molecule is CCCC(=O)N1CCCC1C(=O)N1CCC(CCc2ccc(C)cc2)CC1. The molecule has 1 unspecified atom stereocenters. The predicted molar refractivity (Wildman–Crippen MR) is 108 cm³/mol. The number of piperidine rings is 1. The summed E-state index contributed by atoms with van der Waals surface area (Å²) in [6.07, 6.45) is 7.71. The highest BCUT2D eigenvalue weighted by molar-refractivity contribution is 5.88. The molecule has 0 aliphatic carbocycles. The second-order valence-electron chi connectivity index (χ2n) is 8.29. The third kappa shape index (κ3) is 5.12. The second-order valence-corrected chi connectivity index (χ2v) is 8.29. The van der Waals surface area contributed by atoms with E-state index in [1.807, 2.05) is 16.7 Å². The monoisotopic (exact) mass is 370 g/mol. The van der Waals surface area contributed by atoms with Crippen LogP contribution in [-0.4, -0.2) is 47.3 Å². The molecule has 0 saturated carbocycles. The zero-order valence-electron chi connectivity index (χ0n) is 17.0. The van der Waals surface area contributed by atoms with E-state index >= 15 is 0 Å². The number of hydrogen-bond donors (Lipinski definition) is 0. The highest BCUT2D eigenvalue weighted by Gasteiger charge is 2.37. The van der Waals surface area contributed by atoms with Crippen molar-refractivity contribution in [3.05, 3.63) is 35.4 Å². The smallest absolute Gasteiger partial charge is 0.245 e. The molecule has 27 heavy (non-hydrogen) atoms. The normalized spacial score (nSPS) is 20.9. The summed E-state index contributed by atoms with van der Waals surface area (Å²) in [5.74, 6) is 1.05. The first-order valence-corrected chi connectivity index (χ1v) is 10.7. The maximum absolute atomic E-state index is 13.0. The highest BCUT2D eigenvalue weighted by atomic mass is 16.2. The van der Waals surface area contributed by atoms with Crippen molar-refractivity contribution in [3.63, 3.8) is 0 Å². The molecule has 0 aromatic heterocycles. The van der Waals surface area contributed by atoms with Crippen molar-refractivity contribution in [3.8, 4) is 0 Å². The molecule has 0 N–H and O–H groups in total. The Morgan fingerprint density at radius 1 is 1.04 bits per heavy atom. The molecule has 1 atom stereocenters. The van der Waals surface area contributed by atoms with Crippen LogP contribution in [0.25, 0.3) is 0 Å². The molecular formula is C23H34N2O2. The molecule has 2 aliphatic heterocycles. The molecule has 1 aromatic rings. The number of nitrogens with zero attached hydrogens (tertiary/aromatic N) is 2. The fourth-order valence-corrected chi connectivity index (χ4v) is 4.46. The van der Waals surface area contributed by atoms with Gasteiger partial charge in [-0.15, -0.1) is 0 Å². The van der Waals surface area contributed by atoms with Gasteiger partial charge in [0.15, 0.2) is 0 Å². The van der Waals surface area contributed by atoms with Gasteiger partial charge in [-0.25, -0.2) is 0 Å². The van der Waals surface area contributed by atoms with E-state index in [-0.39, 0.29) is 17.9 Å². The quantitative estimate of drug-likeness (QED) is 0.760. The van der Waals surface area contributed by atoms with Crippen molar-refractivity contribution in [1.29, 1.82) is 0 Å². The van der Waals surface area contributed by atoms with E-state index in [9.17, 15) is 9.59 Å². The Labute approximate surface area is 163 Å². The number of amides is 2. The van der Waals surface area contributed by atoms with Crippen LogP contribution in [-0.2, 0) is 16.0 Å². The summed E-state index contributed by atoms with van der Waals surface area (Å²) in [4.78, 5) is 29.1. The first kappa shape index (κ1) is 19.9. The largest absolute Gasteiger partial charge is 0.341 e. The van der Waals surface area contributed by atoms with Crippen LogP contribution in [0.3, 0.4) is 0 Å². The Morgan fingerprint density at radius 3 is 2.41 bits per heavy atom. The third-order valence-corrected chi connectivity index (χ3v) is 6.21. The van der Waals surface area contributed by atoms with E-state index in [2.05, 4.69) is 31.2 Å². The Kier molecular flexibility index (Phi) is 6.92. The maximum Gasteiger partial charge on any atom is 0.245 e. The minimum atomic E-state index is -0.201. The van der Waals surface area contributed by atoms with E-state index in [1.54, 1.807) is 0 Å². The molecule has 2 aliphatic rings. The molecule has 2 heterocycles. The van der Waals surface area contributed by atoms with Gasteiger partial charge in [0.25, 0.3) is 0 Å². The lowest BCUT2D eigenvalue weighted by Gasteiger charge is -2.35. The molecule has 0 bridgehead atoms. The summed E-state index contributed by atoms with van der Waals surface area (Å²) < 4.78 is 0. The summed E-state index contributed by atoms with van der Waals surface area (Å²) in [7, 11) is 0. The van der Waals surface area contributed by atoms with Crippen molar-refractivity contribution in [2.45, 2.75) is 71.3 Å². The standard InChI is InChI=1S/C23H34N2O2/c1-3-5-22(26)25-15-4-6-21(25)23(27)24-16-13-20(14-17-24)12-11-19-9-7-18(2)8-10-19/h7-10,20-21H,3-6,11-17H2,1-2H3. The highest BCUT2D eigenvalue weighted by Crippen LogP contribution is 2.26. The number of carbonyl (C=O) groups excluding carboxylic acids is 2. The van der Waals surface area contributed by atoms with E-state index < -0.39 is 0 Å². The van der Waals surface area contributed by atoms with Crippen LogP contribution in [0.1, 0.15) is 63.0 Å². The summed E-state index contributed by atoms with van der Waals surface area (Å²) >= 11 is 0. The predicted octanol–water partition coefficient (Wildman–Crippen LogP) is 3.96. The van der Waals surface area contributed by atoms with Crippen LogP contribution in [0.2, 0.25) is 0 Å². The van der Waals surface area contributed by atoms with E-state index in [1.165, 1.54) is 17.5 Å². The lowest BCUT2D eigenvalue weighted by Crippen LogP contribution is -2.50. The fraction of sp³-hybridized carbons (Fsp3) is 0.652. The Balaban J connectivity index is 1.46. The number of carbonyl (C=O) groups is 2. The maximum atomic E-state index is 13.0. The average molecular weight is 371 g/mol. The van der Waals surface area contributed by atoms with Crippen molar-refractivity contribution in [1.82, 2.24) is 9.80 Å². The molecule has 3 rings (SSSR count). The fourth-order valence-electron chi connectivity index (χ4n) is 4.46. The number of hydrogen-bond acceptors (Lipinski definition) is 2. The van der Waals surface area contributed by atoms with Gasteiger partial charge in [0, 0.05) is 26.1 Å². The first-order valence-electron chi connectivity index (χ1n) is 10.7. The number of likely N-dealkylation sites (tertiary alicyclic amines) is 2. The summed E-state index contributed by atoms with van der Waals surface area (Å²) in [6.45, 7) is 6.60. The molecule has 1 aromatic carbocycles. The zero-order chi connectivity index (χ0) is 19.2. The van der Waals surface area contributed by atoms with Gasteiger partial charge in [-0.2, -0.15) is 0 Å². The lowest BCUT2D eigenvalue weighted by molar-refractivity contribution is -0.144. The van der Waals surface area contributed by atoms with Gasteiger partial charge in [0.05, 0.1) is 0 Å². The molecule has 2 saturated heterocycles. The van der Waals surface area contributed by atoms with Crippen molar-refractivity contribution in [2.24, 2.45) is 5.92 Å². The van der Waals surface area contributed by atoms with Crippen molar-refractivity contribution >= 4 is 11.8 Å². The number of benzene rings is 1. The summed E-state index contributed by atoms with van der Waals surface area (Å²) in [5.41, 5.74) is 2.72. The molecular weight excluding hydrogens is 336 g/mol. The van der Waals surface area contributed by atoms with Gasteiger partial charge in [-0.05, 0) is 63.4 Å². The van der Waals surface area contributed by atoms with Crippen LogP contribution in [0.4, 0.5) is 0 Å². The summed E-state index contributed by atoms with van der Waals surface area (Å²) in [5, 5.41) is 0.